The van der Waals surface area contributed by atoms with Crippen LogP contribution in [-0.4, -0.2) is 19.7 Å². The minimum atomic E-state index is 0.426. The van der Waals surface area contributed by atoms with Crippen LogP contribution in [0.25, 0.3) is 5.95 Å². The highest BCUT2D eigenvalue weighted by molar-refractivity contribution is 9.10. The maximum Gasteiger partial charge on any atom is 0.250 e. The van der Waals surface area contributed by atoms with Crippen molar-refractivity contribution >= 4 is 21.7 Å². The molecule has 0 amide bonds. The van der Waals surface area contributed by atoms with Crippen LogP contribution in [0.4, 0.5) is 5.82 Å². The number of hydrogen-bond acceptors (Lipinski definition) is 4. The summed E-state index contributed by atoms with van der Waals surface area (Å²) in [6, 6.07) is 1.82. The molecule has 2 N–H and O–H groups in total. The third-order valence-corrected chi connectivity index (χ3v) is 2.29. The van der Waals surface area contributed by atoms with Gasteiger partial charge >= 0.3 is 0 Å². The maximum absolute atomic E-state index is 5.58. The van der Waals surface area contributed by atoms with Crippen LogP contribution in [0.2, 0.25) is 0 Å². The molecule has 2 heterocycles. The molecule has 0 spiro atoms. The number of anilines is 1. The van der Waals surface area contributed by atoms with Gasteiger partial charge in [0.25, 0.3) is 5.95 Å². The summed E-state index contributed by atoms with van der Waals surface area (Å²) in [5.41, 5.74) is 6.47. The van der Waals surface area contributed by atoms with Crippen molar-refractivity contribution in [2.24, 2.45) is 0 Å². The highest BCUT2D eigenvalue weighted by atomic mass is 79.9. The molecule has 14 heavy (non-hydrogen) atoms. The first-order valence-corrected chi connectivity index (χ1v) is 4.77. The predicted molar refractivity (Wildman–Crippen MR) is 56.0 cm³/mol. The van der Waals surface area contributed by atoms with E-state index in [0.29, 0.717) is 11.8 Å². The lowest BCUT2D eigenvalue weighted by Crippen LogP contribution is -2.02. The van der Waals surface area contributed by atoms with Gasteiger partial charge in [0.05, 0.1) is 10.7 Å². The van der Waals surface area contributed by atoms with E-state index in [1.165, 1.54) is 4.68 Å². The van der Waals surface area contributed by atoms with E-state index < -0.39 is 0 Å². The van der Waals surface area contributed by atoms with Gasteiger partial charge in [-0.05, 0) is 28.9 Å². The fraction of sp³-hybridized carbons (Fsp3) is 0.125. The smallest absolute Gasteiger partial charge is 0.250 e. The van der Waals surface area contributed by atoms with Gasteiger partial charge < -0.3 is 5.73 Å². The first-order valence-electron chi connectivity index (χ1n) is 3.97. The van der Waals surface area contributed by atoms with Gasteiger partial charge in [0, 0.05) is 11.9 Å². The molecule has 2 aromatic rings. The Bertz CT molecular complexity index is 445. The molecule has 6 heteroatoms. The maximum atomic E-state index is 5.58. The van der Waals surface area contributed by atoms with E-state index in [-0.39, 0.29) is 0 Å². The van der Waals surface area contributed by atoms with E-state index in [0.717, 1.165) is 10.2 Å². The molecule has 0 fully saturated rings. The Labute approximate surface area is 89.1 Å². The summed E-state index contributed by atoms with van der Waals surface area (Å²) in [5.74, 6) is 0.942. The van der Waals surface area contributed by atoms with E-state index in [1.54, 1.807) is 12.4 Å². The summed E-state index contributed by atoms with van der Waals surface area (Å²) in [6.45, 7) is 1.90. The minimum absolute atomic E-state index is 0.426. The zero-order valence-corrected chi connectivity index (χ0v) is 9.06. The molecule has 72 valence electrons. The van der Waals surface area contributed by atoms with Gasteiger partial charge in [0.1, 0.15) is 0 Å². The average molecular weight is 254 g/mol. The number of halogens is 1. The fourth-order valence-corrected chi connectivity index (χ4v) is 1.29. The number of aromatic nitrogens is 4. The van der Waals surface area contributed by atoms with Gasteiger partial charge in [0.2, 0.25) is 0 Å². The Hall–Kier alpha value is -1.43. The summed E-state index contributed by atoms with van der Waals surface area (Å²) < 4.78 is 2.27. The highest BCUT2D eigenvalue weighted by Crippen LogP contribution is 2.17. The number of rotatable bonds is 1. The second-order valence-electron chi connectivity index (χ2n) is 2.80. The van der Waals surface area contributed by atoms with Gasteiger partial charge in [0.15, 0.2) is 5.82 Å². The molecule has 0 aliphatic rings. The van der Waals surface area contributed by atoms with Gasteiger partial charge in [-0.2, -0.15) is 0 Å². The Balaban J connectivity index is 2.49. The van der Waals surface area contributed by atoms with Crippen molar-refractivity contribution in [1.82, 2.24) is 19.7 Å². The summed E-state index contributed by atoms with van der Waals surface area (Å²) >= 11 is 3.27. The largest absolute Gasteiger partial charge is 0.381 e. The highest BCUT2D eigenvalue weighted by Gasteiger charge is 2.05. The van der Waals surface area contributed by atoms with E-state index in [4.69, 9.17) is 5.73 Å². The monoisotopic (exact) mass is 253 g/mol. The van der Waals surface area contributed by atoms with E-state index in [2.05, 4.69) is 31.0 Å². The fourth-order valence-electron chi connectivity index (χ4n) is 1.01. The van der Waals surface area contributed by atoms with Crippen LogP contribution in [0.1, 0.15) is 5.69 Å². The standard InChI is InChI=1S/C8H8BrN5/c1-5-2-3-11-8(12-5)14-4-6(9)7(10)13-14/h2-4H,1H3,(H2,10,13). The lowest BCUT2D eigenvalue weighted by atomic mass is 10.5. The zero-order chi connectivity index (χ0) is 10.1. The number of aryl methyl sites for hydroxylation is 1. The van der Waals surface area contributed by atoms with Gasteiger partial charge in [-0.25, -0.2) is 14.6 Å². The summed E-state index contributed by atoms with van der Waals surface area (Å²) in [4.78, 5) is 8.29. The summed E-state index contributed by atoms with van der Waals surface area (Å²) in [5, 5.41) is 4.04. The molecule has 0 atom stereocenters. The number of nitrogen functional groups attached to an aromatic ring is 1. The lowest BCUT2D eigenvalue weighted by Gasteiger charge is -1.98. The SMILES string of the molecule is Cc1ccnc(-n2cc(Br)c(N)n2)n1. The molecule has 0 radical (unpaired) electrons. The molecule has 0 aliphatic carbocycles. The molecule has 0 aliphatic heterocycles. The molecule has 0 saturated carbocycles. The van der Waals surface area contributed by atoms with E-state index in [9.17, 15) is 0 Å². The molecule has 0 bridgehead atoms. The molecule has 2 rings (SSSR count). The third kappa shape index (κ3) is 1.60. The lowest BCUT2D eigenvalue weighted by molar-refractivity contribution is 0.804. The molecule has 0 aromatic carbocycles. The van der Waals surface area contributed by atoms with Crippen LogP contribution < -0.4 is 5.73 Å². The number of hydrogen-bond donors (Lipinski definition) is 1. The van der Waals surface area contributed by atoms with Crippen molar-refractivity contribution in [2.75, 3.05) is 5.73 Å². The zero-order valence-electron chi connectivity index (χ0n) is 7.48. The van der Waals surface area contributed by atoms with Crippen molar-refractivity contribution in [3.63, 3.8) is 0 Å². The van der Waals surface area contributed by atoms with Crippen LogP contribution in [0, 0.1) is 6.92 Å². The second-order valence-corrected chi connectivity index (χ2v) is 3.66. The van der Waals surface area contributed by atoms with Crippen LogP contribution >= 0.6 is 15.9 Å². The molecule has 2 aromatic heterocycles. The van der Waals surface area contributed by atoms with Crippen LogP contribution in [-0.2, 0) is 0 Å². The van der Waals surface area contributed by atoms with Gasteiger partial charge in [-0.3, -0.25) is 0 Å². The van der Waals surface area contributed by atoms with Crippen molar-refractivity contribution in [3.8, 4) is 5.95 Å². The van der Waals surface area contributed by atoms with E-state index >= 15 is 0 Å². The third-order valence-electron chi connectivity index (χ3n) is 1.68. The molecule has 0 unspecified atom stereocenters. The molecule has 5 nitrogen and oxygen atoms in total. The van der Waals surface area contributed by atoms with Gasteiger partial charge in [-0.15, -0.1) is 5.10 Å². The predicted octanol–water partition coefficient (Wildman–Crippen LogP) is 1.32. The van der Waals surface area contributed by atoms with Crippen molar-refractivity contribution in [3.05, 3.63) is 28.6 Å². The quantitative estimate of drug-likeness (QED) is 0.833. The topological polar surface area (TPSA) is 69.6 Å². The van der Waals surface area contributed by atoms with E-state index in [1.807, 2.05) is 13.0 Å². The summed E-state index contributed by atoms with van der Waals surface area (Å²) in [7, 11) is 0. The summed E-state index contributed by atoms with van der Waals surface area (Å²) in [6.07, 6.45) is 3.41. The van der Waals surface area contributed by atoms with Gasteiger partial charge in [-0.1, -0.05) is 0 Å². The Kier molecular flexibility index (Phi) is 2.20. The Morgan fingerprint density at radius 2 is 2.29 bits per heavy atom. The van der Waals surface area contributed by atoms with Crippen molar-refractivity contribution in [1.29, 1.82) is 0 Å². The normalized spacial score (nSPS) is 10.4. The first-order chi connectivity index (χ1) is 6.66. The molecular weight excluding hydrogens is 246 g/mol. The second kappa shape index (κ2) is 3.38. The number of nitrogens with zero attached hydrogens (tertiary/aromatic N) is 4. The molecular formula is C8H8BrN5. The van der Waals surface area contributed by atoms with Crippen LogP contribution in [0.5, 0.6) is 0 Å². The van der Waals surface area contributed by atoms with Crippen molar-refractivity contribution < 1.29 is 0 Å². The van der Waals surface area contributed by atoms with Crippen molar-refractivity contribution in [2.45, 2.75) is 6.92 Å². The van der Waals surface area contributed by atoms with Crippen LogP contribution in [0.3, 0.4) is 0 Å². The molecule has 0 saturated heterocycles. The average Bonchev–Trinajstić information content (AvgIpc) is 2.47. The Morgan fingerprint density at radius 1 is 1.50 bits per heavy atom. The van der Waals surface area contributed by atoms with Crippen LogP contribution in [0.15, 0.2) is 22.9 Å². The minimum Gasteiger partial charge on any atom is -0.381 e. The Morgan fingerprint density at radius 3 is 2.86 bits per heavy atom. The first kappa shape index (κ1) is 9.14. The number of nitrogens with two attached hydrogens (primary N) is 1.